The lowest BCUT2D eigenvalue weighted by molar-refractivity contribution is 0.0305. The molecule has 0 aromatic heterocycles. The fourth-order valence-corrected chi connectivity index (χ4v) is 5.10. The van der Waals surface area contributed by atoms with Crippen LogP contribution in [0.1, 0.15) is 30.9 Å². The van der Waals surface area contributed by atoms with E-state index >= 15 is 0 Å². The summed E-state index contributed by atoms with van der Waals surface area (Å²) in [6.07, 6.45) is 5.27. The molecule has 0 saturated carbocycles. The molecule has 3 atom stereocenters. The minimum atomic E-state index is -0.172. The number of anilines is 2. The standard InChI is InChI=1S/C26H32N4O4/c1-17-10-18-11-24(32-3)25(33-4)12-19(18)14-27-30(17)26(31)28(2)20-6-5-7-21(13-20)29-15-22-8-9-23(16-29)34-22/h5-7,11-14,17,22-23H,8-10,15-16H2,1-4H3. The van der Waals surface area contributed by atoms with Gasteiger partial charge in [-0.2, -0.15) is 5.10 Å². The Balaban J connectivity index is 1.35. The minimum Gasteiger partial charge on any atom is -0.493 e. The number of rotatable bonds is 4. The summed E-state index contributed by atoms with van der Waals surface area (Å²) in [7, 11) is 5.04. The van der Waals surface area contributed by atoms with Gasteiger partial charge in [-0.15, -0.1) is 0 Å². The van der Waals surface area contributed by atoms with Gasteiger partial charge in [0.05, 0.1) is 38.7 Å². The predicted octanol–water partition coefficient (Wildman–Crippen LogP) is 3.91. The van der Waals surface area contributed by atoms with Crippen molar-refractivity contribution in [2.45, 2.75) is 44.4 Å². The lowest BCUT2D eigenvalue weighted by Crippen LogP contribution is -2.44. The zero-order valence-electron chi connectivity index (χ0n) is 20.2. The van der Waals surface area contributed by atoms with Crippen LogP contribution in [-0.4, -0.2) is 69.9 Å². The van der Waals surface area contributed by atoms with Crippen molar-refractivity contribution in [2.24, 2.45) is 5.10 Å². The van der Waals surface area contributed by atoms with Gasteiger partial charge in [0, 0.05) is 37.1 Å². The molecule has 8 heteroatoms. The second-order valence-electron chi connectivity index (χ2n) is 9.27. The highest BCUT2D eigenvalue weighted by atomic mass is 16.5. The van der Waals surface area contributed by atoms with Crippen LogP contribution in [0.3, 0.4) is 0 Å². The van der Waals surface area contributed by atoms with Crippen molar-refractivity contribution in [3.05, 3.63) is 47.5 Å². The number of hydrazone groups is 1. The van der Waals surface area contributed by atoms with E-state index in [2.05, 4.69) is 22.1 Å². The van der Waals surface area contributed by atoms with Crippen molar-refractivity contribution in [1.29, 1.82) is 0 Å². The molecular formula is C26H32N4O4. The molecule has 3 heterocycles. The second-order valence-corrected chi connectivity index (χ2v) is 9.27. The number of amides is 2. The highest BCUT2D eigenvalue weighted by Gasteiger charge is 2.34. The number of ether oxygens (including phenoxy) is 3. The Morgan fingerprint density at radius 3 is 2.50 bits per heavy atom. The Bertz CT molecular complexity index is 1090. The van der Waals surface area contributed by atoms with E-state index in [9.17, 15) is 4.79 Å². The van der Waals surface area contributed by atoms with Gasteiger partial charge < -0.3 is 19.1 Å². The molecule has 3 aliphatic heterocycles. The third kappa shape index (κ3) is 4.18. The van der Waals surface area contributed by atoms with Crippen molar-refractivity contribution < 1.29 is 19.0 Å². The topological polar surface area (TPSA) is 66.8 Å². The quantitative estimate of drug-likeness (QED) is 0.687. The van der Waals surface area contributed by atoms with Crippen LogP contribution in [0, 0.1) is 0 Å². The first-order valence-corrected chi connectivity index (χ1v) is 11.8. The predicted molar refractivity (Wildman–Crippen MR) is 132 cm³/mol. The van der Waals surface area contributed by atoms with Crippen molar-refractivity contribution in [1.82, 2.24) is 5.01 Å². The Hall–Kier alpha value is -3.26. The lowest BCUT2D eigenvalue weighted by atomic mass is 10.0. The number of fused-ring (bicyclic) bond motifs is 3. The molecule has 0 radical (unpaired) electrons. The summed E-state index contributed by atoms with van der Waals surface area (Å²) in [4.78, 5) is 17.6. The normalized spacial score (nSPS) is 23.4. The maximum absolute atomic E-state index is 13.5. The van der Waals surface area contributed by atoms with Crippen LogP contribution >= 0.6 is 0 Å². The molecule has 3 aliphatic rings. The number of hydrogen-bond donors (Lipinski definition) is 0. The molecule has 0 N–H and O–H groups in total. The molecule has 2 amide bonds. The van der Waals surface area contributed by atoms with Crippen LogP contribution in [0.4, 0.5) is 16.2 Å². The molecular weight excluding hydrogens is 432 g/mol. The third-order valence-corrected chi connectivity index (χ3v) is 7.01. The number of carbonyl (C=O) groups is 1. The first-order chi connectivity index (χ1) is 16.5. The summed E-state index contributed by atoms with van der Waals surface area (Å²) in [5.41, 5.74) is 3.95. The first kappa shape index (κ1) is 22.5. The van der Waals surface area contributed by atoms with Crippen LogP contribution in [0.15, 0.2) is 41.5 Å². The zero-order chi connectivity index (χ0) is 23.8. The van der Waals surface area contributed by atoms with Gasteiger partial charge in [0.25, 0.3) is 0 Å². The summed E-state index contributed by atoms with van der Waals surface area (Å²) in [5.74, 6) is 1.32. The number of hydrogen-bond acceptors (Lipinski definition) is 6. The van der Waals surface area contributed by atoms with E-state index in [4.69, 9.17) is 14.2 Å². The molecule has 3 unspecified atom stereocenters. The molecule has 180 valence electrons. The van der Waals surface area contributed by atoms with Crippen molar-refractivity contribution >= 4 is 23.6 Å². The van der Waals surface area contributed by atoms with E-state index in [1.807, 2.05) is 31.2 Å². The third-order valence-electron chi connectivity index (χ3n) is 7.01. The fourth-order valence-electron chi connectivity index (χ4n) is 5.10. The molecule has 8 nitrogen and oxygen atoms in total. The first-order valence-electron chi connectivity index (χ1n) is 11.8. The maximum atomic E-state index is 13.5. The Labute approximate surface area is 200 Å². The van der Waals surface area contributed by atoms with Gasteiger partial charge in [-0.25, -0.2) is 9.80 Å². The van der Waals surface area contributed by atoms with Crippen LogP contribution < -0.4 is 19.3 Å². The molecule has 2 aromatic carbocycles. The Morgan fingerprint density at radius 1 is 1.09 bits per heavy atom. The highest BCUT2D eigenvalue weighted by molar-refractivity contribution is 5.94. The second kappa shape index (κ2) is 9.18. The Morgan fingerprint density at radius 2 is 1.79 bits per heavy atom. The summed E-state index contributed by atoms with van der Waals surface area (Å²) >= 11 is 0. The van der Waals surface area contributed by atoms with E-state index < -0.39 is 0 Å². The monoisotopic (exact) mass is 464 g/mol. The van der Waals surface area contributed by atoms with Gasteiger partial charge in [0.2, 0.25) is 0 Å². The summed E-state index contributed by atoms with van der Waals surface area (Å²) < 4.78 is 16.9. The molecule has 2 saturated heterocycles. The van der Waals surface area contributed by atoms with Gasteiger partial charge >= 0.3 is 6.03 Å². The van der Waals surface area contributed by atoms with E-state index in [0.29, 0.717) is 30.1 Å². The number of carbonyl (C=O) groups excluding carboxylic acids is 1. The van der Waals surface area contributed by atoms with E-state index in [1.165, 1.54) is 0 Å². The molecule has 2 fully saturated rings. The molecule has 0 spiro atoms. The molecule has 2 bridgehead atoms. The zero-order valence-corrected chi connectivity index (χ0v) is 20.2. The van der Waals surface area contributed by atoms with Crippen LogP contribution in [-0.2, 0) is 11.2 Å². The van der Waals surface area contributed by atoms with Crippen LogP contribution in [0.2, 0.25) is 0 Å². The van der Waals surface area contributed by atoms with Crippen molar-refractivity contribution in [3.63, 3.8) is 0 Å². The largest absolute Gasteiger partial charge is 0.493 e. The molecule has 2 aromatic rings. The number of methoxy groups -OCH3 is 2. The van der Waals surface area contributed by atoms with Crippen LogP contribution in [0.5, 0.6) is 11.5 Å². The average Bonchev–Trinajstić information content (AvgIpc) is 3.11. The Kier molecular flexibility index (Phi) is 6.08. The summed E-state index contributed by atoms with van der Waals surface area (Å²) in [6.45, 7) is 3.81. The highest BCUT2D eigenvalue weighted by Crippen LogP contribution is 2.33. The summed E-state index contributed by atoms with van der Waals surface area (Å²) in [6, 6.07) is 11.7. The molecule has 34 heavy (non-hydrogen) atoms. The minimum absolute atomic E-state index is 0.122. The van der Waals surface area contributed by atoms with E-state index in [0.717, 1.165) is 48.4 Å². The smallest absolute Gasteiger partial charge is 0.344 e. The van der Waals surface area contributed by atoms with Gasteiger partial charge in [-0.1, -0.05) is 6.07 Å². The lowest BCUT2D eigenvalue weighted by Gasteiger charge is -2.34. The van der Waals surface area contributed by atoms with Crippen molar-refractivity contribution in [2.75, 3.05) is 44.2 Å². The van der Waals surface area contributed by atoms with E-state index in [-0.39, 0.29) is 12.1 Å². The summed E-state index contributed by atoms with van der Waals surface area (Å²) in [5, 5.41) is 6.11. The van der Waals surface area contributed by atoms with Gasteiger partial charge in [0.15, 0.2) is 11.5 Å². The van der Waals surface area contributed by atoms with Crippen molar-refractivity contribution in [3.8, 4) is 11.5 Å². The maximum Gasteiger partial charge on any atom is 0.344 e. The van der Waals surface area contributed by atoms with Gasteiger partial charge in [-0.05, 0) is 62.1 Å². The van der Waals surface area contributed by atoms with Gasteiger partial charge in [0.1, 0.15) is 0 Å². The SMILES string of the molecule is COc1cc2c(cc1OC)CC(C)N(C(=O)N(C)c1cccc(N3CC4CCC(C3)O4)c1)N=C2. The number of urea groups is 1. The van der Waals surface area contributed by atoms with E-state index in [1.54, 1.807) is 37.4 Å². The number of benzene rings is 2. The fraction of sp³-hybridized carbons (Fsp3) is 0.462. The molecule has 0 aliphatic carbocycles. The number of morpholine rings is 1. The molecule has 5 rings (SSSR count). The average molecular weight is 465 g/mol. The van der Waals surface area contributed by atoms with Crippen LogP contribution in [0.25, 0.3) is 0 Å². The van der Waals surface area contributed by atoms with Gasteiger partial charge in [-0.3, -0.25) is 4.90 Å². The number of nitrogens with zero attached hydrogens (tertiary/aromatic N) is 4.